The third kappa shape index (κ3) is 3.96. The molecule has 0 saturated carbocycles. The Morgan fingerprint density at radius 1 is 1.00 bits per heavy atom. The molecule has 1 aliphatic rings. The fourth-order valence-corrected chi connectivity index (χ4v) is 3.22. The van der Waals surface area contributed by atoms with Crippen molar-refractivity contribution in [2.24, 2.45) is 0 Å². The predicted octanol–water partition coefficient (Wildman–Crippen LogP) is 2.55. The Balaban J connectivity index is 1.68. The topological polar surface area (TPSA) is 66.4 Å². The average molecular weight is 375 g/mol. The summed E-state index contributed by atoms with van der Waals surface area (Å²) in [7, 11) is 0. The van der Waals surface area contributed by atoms with E-state index in [9.17, 15) is 9.59 Å². The summed E-state index contributed by atoms with van der Waals surface area (Å²) in [6.45, 7) is 6.06. The Bertz CT molecular complexity index is 832. The highest BCUT2D eigenvalue weighted by Crippen LogP contribution is 2.17. The van der Waals surface area contributed by atoms with Crippen LogP contribution in [0.4, 0.5) is 0 Å². The van der Waals surface area contributed by atoms with E-state index in [0.717, 1.165) is 22.4 Å². The van der Waals surface area contributed by atoms with Crippen LogP contribution in [0, 0.1) is 13.8 Å². The zero-order chi connectivity index (χ0) is 18.7. The van der Waals surface area contributed by atoms with Crippen LogP contribution in [-0.2, 0) is 4.79 Å². The van der Waals surface area contributed by atoms with Crippen LogP contribution in [-0.4, -0.2) is 63.6 Å². The van der Waals surface area contributed by atoms with Gasteiger partial charge in [-0.3, -0.25) is 9.59 Å². The van der Waals surface area contributed by atoms with Crippen molar-refractivity contribution >= 4 is 34.4 Å². The van der Waals surface area contributed by atoms with Crippen LogP contribution < -0.4 is 0 Å². The van der Waals surface area contributed by atoms with Gasteiger partial charge < -0.3 is 9.80 Å². The van der Waals surface area contributed by atoms with Gasteiger partial charge in [-0.15, -0.1) is 11.6 Å². The fraction of sp³-hybridized carbons (Fsp3) is 0.474. The number of aryl methyl sites for hydroxylation is 2. The number of carbonyl (C=O) groups is 2. The van der Waals surface area contributed by atoms with Crippen molar-refractivity contribution in [1.29, 1.82) is 0 Å². The molecule has 1 aromatic carbocycles. The zero-order valence-corrected chi connectivity index (χ0v) is 15.9. The van der Waals surface area contributed by atoms with E-state index in [-0.39, 0.29) is 11.8 Å². The molecule has 0 aliphatic carbocycles. The van der Waals surface area contributed by atoms with Gasteiger partial charge >= 0.3 is 0 Å². The van der Waals surface area contributed by atoms with Crippen LogP contribution in [0.3, 0.4) is 0 Å². The predicted molar refractivity (Wildman–Crippen MR) is 101 cm³/mol. The van der Waals surface area contributed by atoms with Crippen LogP contribution in [0.1, 0.15) is 34.6 Å². The summed E-state index contributed by atoms with van der Waals surface area (Å²) in [6, 6.07) is 5.44. The van der Waals surface area contributed by atoms with Crippen molar-refractivity contribution in [1.82, 2.24) is 19.8 Å². The molecule has 0 unspecified atom stereocenters. The van der Waals surface area contributed by atoms with E-state index in [1.54, 1.807) is 17.0 Å². The number of nitrogens with zero attached hydrogens (tertiary/aromatic N) is 4. The summed E-state index contributed by atoms with van der Waals surface area (Å²) >= 11 is 5.64. The third-order valence-electron chi connectivity index (χ3n) is 4.77. The summed E-state index contributed by atoms with van der Waals surface area (Å²) in [5.74, 6) is 0.581. The maximum atomic E-state index is 12.8. The number of rotatable bonds is 4. The molecule has 0 bridgehead atoms. The van der Waals surface area contributed by atoms with E-state index in [2.05, 4.69) is 9.97 Å². The molecule has 3 rings (SSSR count). The van der Waals surface area contributed by atoms with Crippen LogP contribution in [0.5, 0.6) is 0 Å². The first kappa shape index (κ1) is 18.6. The van der Waals surface area contributed by atoms with Gasteiger partial charge in [0.15, 0.2) is 0 Å². The molecule has 7 heteroatoms. The molecule has 138 valence electrons. The van der Waals surface area contributed by atoms with Crippen LogP contribution in [0.2, 0.25) is 0 Å². The van der Waals surface area contributed by atoms with Crippen molar-refractivity contribution in [3.63, 3.8) is 0 Å². The lowest BCUT2D eigenvalue weighted by molar-refractivity contribution is -0.132. The number of alkyl halides is 1. The third-order valence-corrected chi connectivity index (χ3v) is 5.03. The number of piperazine rings is 1. The summed E-state index contributed by atoms with van der Waals surface area (Å²) < 4.78 is 0. The number of hydrogen-bond acceptors (Lipinski definition) is 4. The van der Waals surface area contributed by atoms with Gasteiger partial charge in [0.1, 0.15) is 0 Å². The number of fused-ring (bicyclic) bond motifs is 1. The van der Waals surface area contributed by atoms with Gasteiger partial charge in [-0.25, -0.2) is 9.97 Å². The SMILES string of the molecule is Cc1nc2ccc(C(=O)N3CCN(C(=O)CCCCl)CC3)cc2nc1C. The van der Waals surface area contributed by atoms with E-state index in [4.69, 9.17) is 11.6 Å². The van der Waals surface area contributed by atoms with Crippen LogP contribution >= 0.6 is 11.6 Å². The fourth-order valence-electron chi connectivity index (χ4n) is 3.08. The van der Waals surface area contributed by atoms with Gasteiger partial charge in [0.25, 0.3) is 5.91 Å². The largest absolute Gasteiger partial charge is 0.339 e. The molecule has 0 N–H and O–H groups in total. The van der Waals surface area contributed by atoms with E-state index >= 15 is 0 Å². The monoisotopic (exact) mass is 374 g/mol. The smallest absolute Gasteiger partial charge is 0.254 e. The lowest BCUT2D eigenvalue weighted by Crippen LogP contribution is -2.50. The number of halogens is 1. The molecule has 0 radical (unpaired) electrons. The number of aromatic nitrogens is 2. The van der Waals surface area contributed by atoms with Gasteiger partial charge in [-0.05, 0) is 38.5 Å². The minimum absolute atomic E-state index is 0.0280. The van der Waals surface area contributed by atoms with E-state index < -0.39 is 0 Å². The van der Waals surface area contributed by atoms with E-state index in [1.165, 1.54) is 0 Å². The highest BCUT2D eigenvalue weighted by molar-refractivity contribution is 6.17. The summed E-state index contributed by atoms with van der Waals surface area (Å²) in [5.41, 5.74) is 3.89. The minimum Gasteiger partial charge on any atom is -0.339 e. The lowest BCUT2D eigenvalue weighted by atomic mass is 10.1. The van der Waals surface area contributed by atoms with Gasteiger partial charge in [-0.1, -0.05) is 0 Å². The molecular formula is C19H23ClN4O2. The highest BCUT2D eigenvalue weighted by atomic mass is 35.5. The Morgan fingerprint density at radius 3 is 2.27 bits per heavy atom. The van der Waals surface area contributed by atoms with Crippen molar-refractivity contribution in [3.05, 3.63) is 35.2 Å². The van der Waals surface area contributed by atoms with E-state index in [0.29, 0.717) is 50.5 Å². The maximum absolute atomic E-state index is 12.8. The van der Waals surface area contributed by atoms with Gasteiger partial charge in [0.05, 0.1) is 22.4 Å². The second-order valence-electron chi connectivity index (χ2n) is 6.56. The second-order valence-corrected chi connectivity index (χ2v) is 6.94. The molecule has 0 atom stereocenters. The van der Waals surface area contributed by atoms with Crippen molar-refractivity contribution < 1.29 is 9.59 Å². The molecule has 2 aromatic rings. The molecule has 0 spiro atoms. The Morgan fingerprint density at radius 2 is 1.62 bits per heavy atom. The number of hydrogen-bond donors (Lipinski definition) is 0. The summed E-state index contributed by atoms with van der Waals surface area (Å²) in [6.07, 6.45) is 1.16. The first-order valence-electron chi connectivity index (χ1n) is 8.87. The molecule has 2 heterocycles. The molecule has 6 nitrogen and oxygen atoms in total. The Hall–Kier alpha value is -2.21. The number of benzene rings is 1. The number of amides is 2. The molecule has 1 fully saturated rings. The molecule has 2 amide bonds. The van der Waals surface area contributed by atoms with E-state index in [1.807, 2.05) is 24.8 Å². The second kappa shape index (κ2) is 7.99. The van der Waals surface area contributed by atoms with Crippen molar-refractivity contribution in [2.75, 3.05) is 32.1 Å². The normalized spacial score (nSPS) is 14.7. The number of carbonyl (C=O) groups excluding carboxylic acids is 2. The molecule has 1 saturated heterocycles. The highest BCUT2D eigenvalue weighted by Gasteiger charge is 2.24. The standard InChI is InChI=1S/C19H23ClN4O2/c1-13-14(2)22-17-12-15(5-6-16(17)21-13)19(26)24-10-8-23(9-11-24)18(25)4-3-7-20/h5-6,12H,3-4,7-11H2,1-2H3. The Labute approximate surface area is 158 Å². The van der Waals surface area contributed by atoms with Gasteiger partial charge in [0, 0.05) is 44.0 Å². The minimum atomic E-state index is -0.0280. The quantitative estimate of drug-likeness (QED) is 0.771. The molecule has 1 aromatic heterocycles. The molecule has 26 heavy (non-hydrogen) atoms. The average Bonchev–Trinajstić information content (AvgIpc) is 2.66. The first-order valence-corrected chi connectivity index (χ1v) is 9.41. The zero-order valence-electron chi connectivity index (χ0n) is 15.2. The summed E-state index contributed by atoms with van der Waals surface area (Å²) in [4.78, 5) is 37.5. The van der Waals surface area contributed by atoms with Crippen LogP contribution in [0.15, 0.2) is 18.2 Å². The molecular weight excluding hydrogens is 352 g/mol. The first-order chi connectivity index (χ1) is 12.5. The van der Waals surface area contributed by atoms with Crippen molar-refractivity contribution in [3.8, 4) is 0 Å². The van der Waals surface area contributed by atoms with Gasteiger partial charge in [-0.2, -0.15) is 0 Å². The summed E-state index contributed by atoms with van der Waals surface area (Å²) in [5, 5.41) is 0. The van der Waals surface area contributed by atoms with Crippen molar-refractivity contribution in [2.45, 2.75) is 26.7 Å². The lowest BCUT2D eigenvalue weighted by Gasteiger charge is -2.35. The molecule has 1 aliphatic heterocycles. The van der Waals surface area contributed by atoms with Gasteiger partial charge in [0.2, 0.25) is 5.91 Å². The Kier molecular flexibility index (Phi) is 5.71. The van der Waals surface area contributed by atoms with Crippen LogP contribution in [0.25, 0.3) is 11.0 Å². The maximum Gasteiger partial charge on any atom is 0.254 e.